The van der Waals surface area contributed by atoms with Crippen molar-refractivity contribution < 1.29 is 0 Å². The van der Waals surface area contributed by atoms with Crippen molar-refractivity contribution in [3.8, 4) is 10.4 Å². The molecule has 0 saturated heterocycles. The molecule has 0 amide bonds. The van der Waals surface area contributed by atoms with Crippen molar-refractivity contribution in [2.24, 2.45) is 0 Å². The van der Waals surface area contributed by atoms with Crippen molar-refractivity contribution in [1.82, 2.24) is 15.3 Å². The Morgan fingerprint density at radius 3 is 2.58 bits per heavy atom. The number of aromatic nitrogens is 2. The quantitative estimate of drug-likeness (QED) is 0.504. The van der Waals surface area contributed by atoms with E-state index in [-0.39, 0.29) is 17.6 Å². The first-order chi connectivity index (χ1) is 12.6. The molecule has 2 atom stereocenters. The topological polar surface area (TPSA) is 57.8 Å². The van der Waals surface area contributed by atoms with Crippen molar-refractivity contribution in [3.63, 3.8) is 0 Å². The van der Waals surface area contributed by atoms with Crippen molar-refractivity contribution in [3.05, 3.63) is 75.0 Å². The van der Waals surface area contributed by atoms with E-state index in [1.54, 1.807) is 11.3 Å². The maximum Gasteiger partial charge on any atom is 0.260 e. The minimum Gasteiger partial charge on any atom is -0.309 e. The van der Waals surface area contributed by atoms with E-state index in [0.29, 0.717) is 11.2 Å². The summed E-state index contributed by atoms with van der Waals surface area (Å²) in [5.74, 6) is 0.671. The summed E-state index contributed by atoms with van der Waals surface area (Å²) < 4.78 is 0. The van der Waals surface area contributed by atoms with Crippen LogP contribution in [-0.2, 0) is 0 Å². The average Bonchev–Trinajstić information content (AvgIpc) is 3.31. The highest BCUT2D eigenvalue weighted by atomic mass is 32.1. The zero-order chi connectivity index (χ0) is 18.1. The molecule has 2 N–H and O–H groups in total. The van der Waals surface area contributed by atoms with Crippen LogP contribution in [-0.4, -0.2) is 9.97 Å². The van der Waals surface area contributed by atoms with Gasteiger partial charge in [-0.1, -0.05) is 36.4 Å². The smallest absolute Gasteiger partial charge is 0.260 e. The Balaban J connectivity index is 1.64. The van der Waals surface area contributed by atoms with Gasteiger partial charge in [-0.2, -0.15) is 0 Å². The van der Waals surface area contributed by atoms with E-state index < -0.39 is 0 Å². The second-order valence-electron chi connectivity index (χ2n) is 6.28. The molecule has 0 saturated carbocycles. The van der Waals surface area contributed by atoms with Gasteiger partial charge in [0.2, 0.25) is 0 Å². The Labute approximate surface area is 159 Å². The van der Waals surface area contributed by atoms with Gasteiger partial charge in [0.1, 0.15) is 10.7 Å². The van der Waals surface area contributed by atoms with Gasteiger partial charge in [-0.25, -0.2) is 4.98 Å². The SMILES string of the molecule is C[C@H](N[C@H](C)c1ccccc1)c1nc2scc(-c3cccs3)c2c(=O)[nH]1. The summed E-state index contributed by atoms with van der Waals surface area (Å²) in [6, 6.07) is 14.4. The van der Waals surface area contributed by atoms with Gasteiger partial charge in [-0.05, 0) is 30.9 Å². The summed E-state index contributed by atoms with van der Waals surface area (Å²) in [6.07, 6.45) is 0. The van der Waals surface area contributed by atoms with E-state index >= 15 is 0 Å². The first-order valence-corrected chi connectivity index (χ1v) is 10.3. The lowest BCUT2D eigenvalue weighted by Crippen LogP contribution is -2.26. The number of benzene rings is 1. The van der Waals surface area contributed by atoms with Gasteiger partial charge in [0.05, 0.1) is 11.4 Å². The van der Waals surface area contributed by atoms with Gasteiger partial charge in [0, 0.05) is 21.9 Å². The Morgan fingerprint density at radius 1 is 1.04 bits per heavy atom. The summed E-state index contributed by atoms with van der Waals surface area (Å²) in [5, 5.41) is 8.24. The first kappa shape index (κ1) is 17.1. The number of aromatic amines is 1. The van der Waals surface area contributed by atoms with Crippen LogP contribution in [0.5, 0.6) is 0 Å². The molecule has 0 fully saturated rings. The zero-order valence-electron chi connectivity index (χ0n) is 14.5. The molecule has 0 unspecified atom stereocenters. The number of hydrogen-bond donors (Lipinski definition) is 2. The largest absolute Gasteiger partial charge is 0.309 e. The molecule has 3 aromatic heterocycles. The normalized spacial score (nSPS) is 13.8. The van der Waals surface area contributed by atoms with Gasteiger partial charge in [0.25, 0.3) is 5.56 Å². The van der Waals surface area contributed by atoms with Gasteiger partial charge < -0.3 is 10.3 Å². The molecule has 26 heavy (non-hydrogen) atoms. The number of rotatable bonds is 5. The summed E-state index contributed by atoms with van der Waals surface area (Å²) in [4.78, 5) is 22.3. The van der Waals surface area contributed by atoms with Gasteiger partial charge >= 0.3 is 0 Å². The Hall–Kier alpha value is -2.28. The monoisotopic (exact) mass is 381 g/mol. The van der Waals surface area contributed by atoms with Gasteiger partial charge in [-0.3, -0.25) is 4.79 Å². The molecule has 132 valence electrons. The predicted molar refractivity (Wildman–Crippen MR) is 110 cm³/mol. The fourth-order valence-electron chi connectivity index (χ4n) is 3.08. The van der Waals surface area contributed by atoms with Crippen LogP contribution >= 0.6 is 22.7 Å². The molecule has 3 heterocycles. The molecule has 0 radical (unpaired) electrons. The standard InChI is InChI=1S/C20H19N3OS2/c1-12(14-7-4-3-5-8-14)21-13(2)18-22-19(24)17-15(11-26-20(17)23-18)16-9-6-10-25-16/h3-13,21H,1-2H3,(H,22,23,24)/t12-,13+/m1/s1. The van der Waals surface area contributed by atoms with Crippen LogP contribution in [0, 0.1) is 0 Å². The van der Waals surface area contributed by atoms with Crippen molar-refractivity contribution in [2.45, 2.75) is 25.9 Å². The second-order valence-corrected chi connectivity index (χ2v) is 8.08. The molecule has 4 aromatic rings. The third kappa shape index (κ3) is 3.23. The van der Waals surface area contributed by atoms with E-state index in [1.807, 2.05) is 48.0 Å². The highest BCUT2D eigenvalue weighted by Gasteiger charge is 2.17. The van der Waals surface area contributed by atoms with Crippen LogP contribution in [0.25, 0.3) is 20.7 Å². The molecular weight excluding hydrogens is 362 g/mol. The fraction of sp³-hybridized carbons (Fsp3) is 0.200. The Morgan fingerprint density at radius 2 is 1.85 bits per heavy atom. The van der Waals surface area contributed by atoms with Crippen LogP contribution in [0.3, 0.4) is 0 Å². The third-order valence-corrected chi connectivity index (χ3v) is 6.23. The predicted octanol–water partition coefficient (Wildman–Crippen LogP) is 5.12. The summed E-state index contributed by atoms with van der Waals surface area (Å²) in [6.45, 7) is 4.14. The molecule has 0 bridgehead atoms. The number of thiophene rings is 2. The van der Waals surface area contributed by atoms with Crippen LogP contribution in [0.15, 0.2) is 58.0 Å². The van der Waals surface area contributed by atoms with E-state index in [1.165, 1.54) is 16.9 Å². The lowest BCUT2D eigenvalue weighted by molar-refractivity contribution is 0.477. The summed E-state index contributed by atoms with van der Waals surface area (Å²) in [5.41, 5.74) is 2.10. The number of hydrogen-bond acceptors (Lipinski definition) is 5. The average molecular weight is 382 g/mol. The van der Waals surface area contributed by atoms with Crippen LogP contribution in [0.2, 0.25) is 0 Å². The second kappa shape index (κ2) is 7.15. The van der Waals surface area contributed by atoms with Crippen LogP contribution in [0.4, 0.5) is 0 Å². The van der Waals surface area contributed by atoms with Crippen LogP contribution in [0.1, 0.15) is 37.3 Å². The van der Waals surface area contributed by atoms with Gasteiger partial charge in [0.15, 0.2) is 0 Å². The maximum atomic E-state index is 12.7. The third-order valence-electron chi connectivity index (χ3n) is 4.46. The first-order valence-electron chi connectivity index (χ1n) is 8.50. The molecule has 4 nitrogen and oxygen atoms in total. The zero-order valence-corrected chi connectivity index (χ0v) is 16.2. The number of fused-ring (bicyclic) bond motifs is 1. The van der Waals surface area contributed by atoms with Crippen molar-refractivity contribution in [2.75, 3.05) is 0 Å². The van der Waals surface area contributed by atoms with Crippen molar-refractivity contribution >= 4 is 32.9 Å². The molecule has 1 aromatic carbocycles. The van der Waals surface area contributed by atoms with E-state index in [4.69, 9.17) is 4.98 Å². The fourth-order valence-corrected chi connectivity index (χ4v) is 4.84. The van der Waals surface area contributed by atoms with E-state index in [9.17, 15) is 4.79 Å². The number of H-pyrrole nitrogens is 1. The van der Waals surface area contributed by atoms with Crippen molar-refractivity contribution in [1.29, 1.82) is 0 Å². The van der Waals surface area contributed by atoms with E-state index in [0.717, 1.165) is 15.3 Å². The minimum atomic E-state index is -0.0735. The molecule has 0 aliphatic carbocycles. The highest BCUT2D eigenvalue weighted by Crippen LogP contribution is 2.33. The summed E-state index contributed by atoms with van der Waals surface area (Å²) >= 11 is 3.16. The molecule has 6 heteroatoms. The minimum absolute atomic E-state index is 0.0606. The van der Waals surface area contributed by atoms with Gasteiger partial charge in [-0.15, -0.1) is 22.7 Å². The van der Waals surface area contributed by atoms with Crippen LogP contribution < -0.4 is 10.9 Å². The number of nitrogens with zero attached hydrogens (tertiary/aromatic N) is 1. The Kier molecular flexibility index (Phi) is 4.72. The molecule has 0 aliphatic heterocycles. The lowest BCUT2D eigenvalue weighted by atomic mass is 10.1. The highest BCUT2D eigenvalue weighted by molar-refractivity contribution is 7.18. The maximum absolute atomic E-state index is 12.7. The summed E-state index contributed by atoms with van der Waals surface area (Å²) in [7, 11) is 0. The van der Waals surface area contributed by atoms with E-state index in [2.05, 4.69) is 29.4 Å². The molecule has 4 rings (SSSR count). The molecule has 0 spiro atoms. The Bertz CT molecular complexity index is 1070. The molecule has 0 aliphatic rings. The lowest BCUT2D eigenvalue weighted by Gasteiger charge is -2.19. The number of nitrogens with one attached hydrogen (secondary N) is 2. The molecular formula is C20H19N3OS2.